The van der Waals surface area contributed by atoms with Crippen LogP contribution in [0.2, 0.25) is 0 Å². The van der Waals surface area contributed by atoms with Gasteiger partial charge in [0, 0.05) is 25.0 Å². The van der Waals surface area contributed by atoms with Crippen molar-refractivity contribution < 1.29 is 9.53 Å². The van der Waals surface area contributed by atoms with Gasteiger partial charge in [-0.1, -0.05) is 45.9 Å². The zero-order valence-electron chi connectivity index (χ0n) is 17.3. The number of para-hydroxylation sites is 1. The third-order valence-electron chi connectivity index (χ3n) is 5.17. The zero-order valence-corrected chi connectivity index (χ0v) is 17.3. The summed E-state index contributed by atoms with van der Waals surface area (Å²) in [5.74, 6) is 1.44. The Bertz CT molecular complexity index is 768. The summed E-state index contributed by atoms with van der Waals surface area (Å²) < 4.78 is 5.55. The van der Waals surface area contributed by atoms with E-state index in [2.05, 4.69) is 61.5 Å². The molecular formula is C23H31N3O2. The monoisotopic (exact) mass is 381 g/mol. The van der Waals surface area contributed by atoms with Crippen LogP contribution in [0.5, 0.6) is 0 Å². The highest BCUT2D eigenvalue weighted by Crippen LogP contribution is 2.34. The smallest absolute Gasteiger partial charge is 0.252 e. The summed E-state index contributed by atoms with van der Waals surface area (Å²) in [6, 6.07) is 10.1. The number of aromatic nitrogens is 1. The average Bonchev–Trinajstić information content (AvgIpc) is 3.20. The van der Waals surface area contributed by atoms with Gasteiger partial charge in [0.05, 0.1) is 11.7 Å². The number of benzene rings is 1. The normalized spacial score (nSPS) is 16.6. The molecule has 28 heavy (non-hydrogen) atoms. The van der Waals surface area contributed by atoms with Crippen LogP contribution in [0.25, 0.3) is 0 Å². The highest BCUT2D eigenvalue weighted by Gasteiger charge is 2.17. The minimum Gasteiger partial charge on any atom is -0.376 e. The molecule has 0 radical (unpaired) electrons. The van der Waals surface area contributed by atoms with Gasteiger partial charge in [0.1, 0.15) is 5.82 Å². The van der Waals surface area contributed by atoms with Crippen LogP contribution < -0.4 is 10.6 Å². The maximum absolute atomic E-state index is 12.3. The molecule has 2 N–H and O–H groups in total. The Balaban J connectivity index is 1.71. The fraction of sp³-hybridized carbons (Fsp3) is 0.478. The molecule has 0 saturated carbocycles. The van der Waals surface area contributed by atoms with Crippen LogP contribution in [-0.2, 0) is 4.74 Å². The fourth-order valence-electron chi connectivity index (χ4n) is 3.54. The predicted octanol–water partition coefficient (Wildman–Crippen LogP) is 4.98. The Morgan fingerprint density at radius 3 is 2.39 bits per heavy atom. The van der Waals surface area contributed by atoms with Crippen molar-refractivity contribution in [2.75, 3.05) is 18.5 Å². The lowest BCUT2D eigenvalue weighted by Gasteiger charge is -2.20. The van der Waals surface area contributed by atoms with Gasteiger partial charge in [-0.2, -0.15) is 0 Å². The summed E-state index contributed by atoms with van der Waals surface area (Å²) in [5, 5.41) is 6.42. The number of hydrogen-bond acceptors (Lipinski definition) is 4. The lowest BCUT2D eigenvalue weighted by atomic mass is 9.92. The van der Waals surface area contributed by atoms with E-state index in [0.29, 0.717) is 23.9 Å². The van der Waals surface area contributed by atoms with E-state index in [1.165, 1.54) is 11.1 Å². The van der Waals surface area contributed by atoms with Gasteiger partial charge in [-0.15, -0.1) is 0 Å². The van der Waals surface area contributed by atoms with Crippen molar-refractivity contribution in [2.45, 2.75) is 58.5 Å². The molecule has 0 spiro atoms. The second-order valence-corrected chi connectivity index (χ2v) is 8.02. The van der Waals surface area contributed by atoms with E-state index >= 15 is 0 Å². The van der Waals surface area contributed by atoms with Crippen molar-refractivity contribution in [1.82, 2.24) is 10.3 Å². The van der Waals surface area contributed by atoms with Crippen molar-refractivity contribution >= 4 is 17.4 Å². The maximum Gasteiger partial charge on any atom is 0.252 e. The van der Waals surface area contributed by atoms with Crippen molar-refractivity contribution in [1.29, 1.82) is 0 Å². The van der Waals surface area contributed by atoms with Crippen LogP contribution in [0.1, 0.15) is 73.9 Å². The Morgan fingerprint density at radius 2 is 1.86 bits per heavy atom. The summed E-state index contributed by atoms with van der Waals surface area (Å²) >= 11 is 0. The first kappa shape index (κ1) is 20.3. The molecule has 1 aromatic carbocycles. The van der Waals surface area contributed by atoms with Crippen molar-refractivity contribution in [2.24, 2.45) is 0 Å². The van der Waals surface area contributed by atoms with Crippen molar-refractivity contribution in [3.05, 3.63) is 53.2 Å². The summed E-state index contributed by atoms with van der Waals surface area (Å²) in [6.07, 6.45) is 3.84. The number of pyridine rings is 1. The Kier molecular flexibility index (Phi) is 6.68. The second-order valence-electron chi connectivity index (χ2n) is 8.02. The van der Waals surface area contributed by atoms with Crippen LogP contribution in [0.15, 0.2) is 36.5 Å². The van der Waals surface area contributed by atoms with Gasteiger partial charge in [0.25, 0.3) is 5.91 Å². The van der Waals surface area contributed by atoms with E-state index < -0.39 is 0 Å². The minimum atomic E-state index is -0.111. The molecule has 1 saturated heterocycles. The predicted molar refractivity (Wildman–Crippen MR) is 113 cm³/mol. The zero-order chi connectivity index (χ0) is 20.1. The summed E-state index contributed by atoms with van der Waals surface area (Å²) in [4.78, 5) is 16.8. The van der Waals surface area contributed by atoms with Crippen LogP contribution in [-0.4, -0.2) is 30.1 Å². The van der Waals surface area contributed by atoms with Crippen LogP contribution in [0.4, 0.5) is 11.5 Å². The van der Waals surface area contributed by atoms with E-state index in [9.17, 15) is 4.79 Å². The van der Waals surface area contributed by atoms with Gasteiger partial charge >= 0.3 is 0 Å². The number of amides is 1. The fourth-order valence-corrected chi connectivity index (χ4v) is 3.54. The quantitative estimate of drug-likeness (QED) is 0.710. The van der Waals surface area contributed by atoms with Crippen molar-refractivity contribution in [3.63, 3.8) is 0 Å². The lowest BCUT2D eigenvalue weighted by molar-refractivity contribution is 0.0857. The molecule has 5 nitrogen and oxygen atoms in total. The highest BCUT2D eigenvalue weighted by atomic mass is 16.5. The largest absolute Gasteiger partial charge is 0.376 e. The number of carbonyl (C=O) groups excluding carboxylic acids is 1. The number of rotatable bonds is 7. The third-order valence-corrected chi connectivity index (χ3v) is 5.17. The Morgan fingerprint density at radius 1 is 1.14 bits per heavy atom. The van der Waals surface area contributed by atoms with E-state index in [-0.39, 0.29) is 12.0 Å². The lowest BCUT2D eigenvalue weighted by Crippen LogP contribution is -2.31. The molecule has 1 aliphatic rings. The van der Waals surface area contributed by atoms with E-state index in [0.717, 1.165) is 31.0 Å². The van der Waals surface area contributed by atoms with Gasteiger partial charge < -0.3 is 15.4 Å². The summed E-state index contributed by atoms with van der Waals surface area (Å²) in [7, 11) is 0. The van der Waals surface area contributed by atoms with Gasteiger partial charge in [-0.05, 0) is 47.9 Å². The van der Waals surface area contributed by atoms with Gasteiger partial charge in [-0.3, -0.25) is 4.79 Å². The van der Waals surface area contributed by atoms with Crippen LogP contribution in [0, 0.1) is 0 Å². The molecular weight excluding hydrogens is 350 g/mol. The van der Waals surface area contributed by atoms with Gasteiger partial charge in [0.15, 0.2) is 0 Å². The number of ether oxygens (including phenoxy) is 1. The van der Waals surface area contributed by atoms with Crippen molar-refractivity contribution in [3.8, 4) is 0 Å². The Hall–Kier alpha value is -2.40. The first-order valence-electron chi connectivity index (χ1n) is 10.2. The molecule has 3 rings (SSSR count). The molecule has 150 valence electrons. The molecule has 5 heteroatoms. The van der Waals surface area contributed by atoms with Crippen LogP contribution in [0.3, 0.4) is 0 Å². The Labute approximate surface area is 167 Å². The topological polar surface area (TPSA) is 63.2 Å². The molecule has 2 aromatic rings. The number of carbonyl (C=O) groups is 1. The number of nitrogens with zero attached hydrogens (tertiary/aromatic N) is 1. The first-order chi connectivity index (χ1) is 13.5. The number of anilines is 2. The molecule has 1 unspecified atom stereocenters. The third kappa shape index (κ3) is 4.90. The molecule has 1 fully saturated rings. The number of hydrogen-bond donors (Lipinski definition) is 2. The summed E-state index contributed by atoms with van der Waals surface area (Å²) in [5.41, 5.74) is 4.22. The second kappa shape index (κ2) is 9.20. The van der Waals surface area contributed by atoms with E-state index in [1.807, 2.05) is 12.1 Å². The molecule has 1 amide bonds. The number of nitrogens with one attached hydrogen (secondary N) is 2. The maximum atomic E-state index is 12.3. The van der Waals surface area contributed by atoms with E-state index in [1.54, 1.807) is 6.20 Å². The SMILES string of the molecule is CC(C)c1cccc(C(C)C)c1Nc1ccc(C(=O)NCC2CCCO2)cn1. The first-order valence-corrected chi connectivity index (χ1v) is 10.2. The van der Waals surface area contributed by atoms with Gasteiger partial charge in [-0.25, -0.2) is 4.98 Å². The molecule has 0 aliphatic carbocycles. The minimum absolute atomic E-state index is 0.111. The molecule has 1 aromatic heterocycles. The molecule has 1 aliphatic heterocycles. The molecule has 2 heterocycles. The van der Waals surface area contributed by atoms with Gasteiger partial charge in [0.2, 0.25) is 0 Å². The van der Waals surface area contributed by atoms with E-state index in [4.69, 9.17) is 4.74 Å². The van der Waals surface area contributed by atoms with Crippen LogP contribution >= 0.6 is 0 Å². The average molecular weight is 382 g/mol. The molecule has 1 atom stereocenters. The summed E-state index contributed by atoms with van der Waals surface area (Å²) in [6.45, 7) is 10.1. The highest BCUT2D eigenvalue weighted by molar-refractivity contribution is 5.94. The standard InChI is InChI=1S/C23H31N3O2/c1-15(2)19-8-5-9-20(16(3)4)22(19)26-21-11-10-17(13-24-21)23(27)25-14-18-7-6-12-28-18/h5,8-11,13,15-16,18H,6-7,12,14H2,1-4H3,(H,24,26)(H,25,27). The molecule has 0 bridgehead atoms.